The number of likely N-dealkylation sites (tertiary alicyclic amines) is 1. The predicted octanol–water partition coefficient (Wildman–Crippen LogP) is 3.82. The molecule has 0 amide bonds. The molecule has 0 unspecified atom stereocenters. The molecule has 0 aliphatic carbocycles. The van der Waals surface area contributed by atoms with E-state index in [2.05, 4.69) is 11.8 Å². The molecule has 0 N–H and O–H groups in total. The molecule has 0 atom stereocenters. The quantitative estimate of drug-likeness (QED) is 0.835. The van der Waals surface area contributed by atoms with Gasteiger partial charge in [0.1, 0.15) is 12.4 Å². The van der Waals surface area contributed by atoms with Crippen molar-refractivity contribution in [3.05, 3.63) is 29.8 Å². The van der Waals surface area contributed by atoms with Crippen LogP contribution in [-0.2, 0) is 6.18 Å². The van der Waals surface area contributed by atoms with Gasteiger partial charge >= 0.3 is 6.18 Å². The SMILES string of the molecule is CC1CCN(CCOc2ccc(C(F)(F)F)cc2)CC1. The van der Waals surface area contributed by atoms with Crippen molar-refractivity contribution in [1.29, 1.82) is 0 Å². The third-order valence-corrected chi connectivity index (χ3v) is 3.73. The van der Waals surface area contributed by atoms with Crippen LogP contribution < -0.4 is 4.74 Å². The van der Waals surface area contributed by atoms with E-state index in [-0.39, 0.29) is 0 Å². The van der Waals surface area contributed by atoms with Crippen LogP contribution in [0.3, 0.4) is 0 Å². The van der Waals surface area contributed by atoms with Crippen LogP contribution in [0.1, 0.15) is 25.3 Å². The normalized spacial score (nSPS) is 18.2. The fourth-order valence-electron chi connectivity index (χ4n) is 2.32. The van der Waals surface area contributed by atoms with Crippen molar-refractivity contribution in [2.24, 2.45) is 5.92 Å². The van der Waals surface area contributed by atoms with Crippen LogP contribution in [-0.4, -0.2) is 31.1 Å². The van der Waals surface area contributed by atoms with Gasteiger partial charge in [-0.2, -0.15) is 13.2 Å². The number of piperidine rings is 1. The van der Waals surface area contributed by atoms with E-state index in [9.17, 15) is 13.2 Å². The first kappa shape index (κ1) is 15.2. The summed E-state index contributed by atoms with van der Waals surface area (Å²) in [5.41, 5.74) is -0.644. The second-order valence-electron chi connectivity index (χ2n) is 5.39. The highest BCUT2D eigenvalue weighted by molar-refractivity contribution is 5.28. The Morgan fingerprint density at radius 3 is 2.30 bits per heavy atom. The average molecular weight is 287 g/mol. The molecule has 1 aliphatic heterocycles. The van der Waals surface area contributed by atoms with Gasteiger partial charge in [0.2, 0.25) is 0 Å². The zero-order valence-electron chi connectivity index (χ0n) is 11.6. The van der Waals surface area contributed by atoms with Crippen LogP contribution >= 0.6 is 0 Å². The lowest BCUT2D eigenvalue weighted by Crippen LogP contribution is -2.35. The van der Waals surface area contributed by atoms with Gasteiger partial charge in [-0.15, -0.1) is 0 Å². The van der Waals surface area contributed by atoms with Crippen LogP contribution in [0.2, 0.25) is 0 Å². The fourth-order valence-corrected chi connectivity index (χ4v) is 2.32. The first-order chi connectivity index (χ1) is 9.45. The molecule has 5 heteroatoms. The Bertz CT molecular complexity index is 408. The van der Waals surface area contributed by atoms with Crippen LogP contribution in [0, 0.1) is 5.92 Å². The van der Waals surface area contributed by atoms with E-state index in [0.29, 0.717) is 12.4 Å². The molecule has 1 fully saturated rings. The smallest absolute Gasteiger partial charge is 0.416 e. The molecule has 0 aromatic heterocycles. The highest BCUT2D eigenvalue weighted by atomic mass is 19.4. The molecule has 2 rings (SSSR count). The number of rotatable bonds is 4. The zero-order valence-corrected chi connectivity index (χ0v) is 11.6. The van der Waals surface area contributed by atoms with E-state index in [4.69, 9.17) is 4.74 Å². The minimum Gasteiger partial charge on any atom is -0.492 e. The topological polar surface area (TPSA) is 12.5 Å². The molecule has 0 spiro atoms. The average Bonchev–Trinajstić information content (AvgIpc) is 2.41. The highest BCUT2D eigenvalue weighted by Crippen LogP contribution is 2.30. The Hall–Kier alpha value is -1.23. The largest absolute Gasteiger partial charge is 0.492 e. The molecule has 1 aromatic rings. The van der Waals surface area contributed by atoms with E-state index in [0.717, 1.165) is 37.7 Å². The second-order valence-corrected chi connectivity index (χ2v) is 5.39. The van der Waals surface area contributed by atoms with Gasteiger partial charge in [0.15, 0.2) is 0 Å². The summed E-state index contributed by atoms with van der Waals surface area (Å²) in [5.74, 6) is 1.28. The maximum Gasteiger partial charge on any atom is 0.416 e. The van der Waals surface area contributed by atoms with Gasteiger partial charge in [0, 0.05) is 6.54 Å². The van der Waals surface area contributed by atoms with E-state index in [1.165, 1.54) is 25.0 Å². The molecule has 0 saturated carbocycles. The first-order valence-corrected chi connectivity index (χ1v) is 6.97. The van der Waals surface area contributed by atoms with Crippen molar-refractivity contribution in [2.45, 2.75) is 25.9 Å². The van der Waals surface area contributed by atoms with Crippen LogP contribution in [0.4, 0.5) is 13.2 Å². The summed E-state index contributed by atoms with van der Waals surface area (Å²) < 4.78 is 42.7. The van der Waals surface area contributed by atoms with Crippen molar-refractivity contribution in [1.82, 2.24) is 4.90 Å². The molecule has 112 valence electrons. The van der Waals surface area contributed by atoms with E-state index in [1.54, 1.807) is 0 Å². The van der Waals surface area contributed by atoms with Crippen LogP contribution in [0.15, 0.2) is 24.3 Å². The van der Waals surface area contributed by atoms with E-state index < -0.39 is 11.7 Å². The lowest BCUT2D eigenvalue weighted by atomic mass is 9.99. The summed E-state index contributed by atoms with van der Waals surface area (Å²) >= 11 is 0. The minimum atomic E-state index is -4.29. The number of hydrogen-bond donors (Lipinski definition) is 0. The number of nitrogens with zero attached hydrogens (tertiary/aromatic N) is 1. The molecule has 0 radical (unpaired) electrons. The Labute approximate surface area is 117 Å². The van der Waals surface area contributed by atoms with E-state index >= 15 is 0 Å². The first-order valence-electron chi connectivity index (χ1n) is 6.97. The van der Waals surface area contributed by atoms with Gasteiger partial charge in [-0.25, -0.2) is 0 Å². The summed E-state index contributed by atoms with van der Waals surface area (Å²) in [4.78, 5) is 2.34. The van der Waals surface area contributed by atoms with Crippen molar-refractivity contribution >= 4 is 0 Å². The number of alkyl halides is 3. The molecule has 1 aromatic carbocycles. The number of benzene rings is 1. The summed E-state index contributed by atoms with van der Waals surface area (Å²) in [6.45, 7) is 5.76. The third-order valence-electron chi connectivity index (χ3n) is 3.73. The number of ether oxygens (including phenoxy) is 1. The maximum atomic E-state index is 12.4. The lowest BCUT2D eigenvalue weighted by molar-refractivity contribution is -0.137. The Balaban J connectivity index is 1.74. The lowest BCUT2D eigenvalue weighted by Gasteiger charge is -2.29. The molecule has 1 aliphatic rings. The molecule has 20 heavy (non-hydrogen) atoms. The minimum absolute atomic E-state index is 0.489. The van der Waals surface area contributed by atoms with Crippen molar-refractivity contribution in [3.8, 4) is 5.75 Å². The van der Waals surface area contributed by atoms with Crippen LogP contribution in [0.25, 0.3) is 0 Å². The fraction of sp³-hybridized carbons (Fsp3) is 0.600. The Kier molecular flexibility index (Phi) is 4.91. The maximum absolute atomic E-state index is 12.4. The molecule has 0 bridgehead atoms. The van der Waals surface area contributed by atoms with Crippen molar-refractivity contribution in [3.63, 3.8) is 0 Å². The molecular formula is C15H20F3NO. The van der Waals surface area contributed by atoms with Gasteiger partial charge in [-0.05, 0) is 56.1 Å². The van der Waals surface area contributed by atoms with Gasteiger partial charge < -0.3 is 4.74 Å². The highest BCUT2D eigenvalue weighted by Gasteiger charge is 2.30. The summed E-state index contributed by atoms with van der Waals surface area (Å²) in [6, 6.07) is 4.86. The molecule has 2 nitrogen and oxygen atoms in total. The van der Waals surface area contributed by atoms with Crippen molar-refractivity contribution in [2.75, 3.05) is 26.2 Å². The third kappa shape index (κ3) is 4.40. The number of halogens is 3. The standard InChI is InChI=1S/C15H20F3NO/c1-12-6-8-19(9-7-12)10-11-20-14-4-2-13(3-5-14)15(16,17)18/h2-5,12H,6-11H2,1H3. The van der Waals surface area contributed by atoms with Crippen molar-refractivity contribution < 1.29 is 17.9 Å². The van der Waals surface area contributed by atoms with Gasteiger partial charge in [0.05, 0.1) is 5.56 Å². The molecular weight excluding hydrogens is 267 g/mol. The summed E-state index contributed by atoms with van der Waals surface area (Å²) in [6.07, 6.45) is -1.87. The molecule has 1 heterocycles. The Morgan fingerprint density at radius 1 is 1.15 bits per heavy atom. The second kappa shape index (κ2) is 6.48. The van der Waals surface area contributed by atoms with Gasteiger partial charge in [-0.3, -0.25) is 4.90 Å². The monoisotopic (exact) mass is 287 g/mol. The summed E-state index contributed by atoms with van der Waals surface area (Å²) in [5, 5.41) is 0. The van der Waals surface area contributed by atoms with Gasteiger partial charge in [0.25, 0.3) is 0 Å². The van der Waals surface area contributed by atoms with Gasteiger partial charge in [-0.1, -0.05) is 6.92 Å². The number of hydrogen-bond acceptors (Lipinski definition) is 2. The van der Waals surface area contributed by atoms with Crippen LogP contribution in [0.5, 0.6) is 5.75 Å². The molecule has 1 saturated heterocycles. The Morgan fingerprint density at radius 2 is 1.75 bits per heavy atom. The zero-order chi connectivity index (χ0) is 14.6. The van der Waals surface area contributed by atoms with E-state index in [1.807, 2.05) is 0 Å². The predicted molar refractivity (Wildman–Crippen MR) is 71.8 cm³/mol. The summed E-state index contributed by atoms with van der Waals surface area (Å²) in [7, 11) is 0.